The molecule has 0 saturated heterocycles. The Kier molecular flexibility index (Phi) is 3.63. The van der Waals surface area contributed by atoms with Gasteiger partial charge in [0.05, 0.1) is 5.69 Å². The zero-order valence-corrected chi connectivity index (χ0v) is 9.26. The summed E-state index contributed by atoms with van der Waals surface area (Å²) >= 11 is 0. The zero-order chi connectivity index (χ0) is 10.6. The van der Waals surface area contributed by atoms with Crippen molar-refractivity contribution in [2.24, 2.45) is 4.99 Å². The van der Waals surface area contributed by atoms with Crippen LogP contribution < -0.4 is 0 Å². The average Bonchev–Trinajstić information content (AvgIpc) is 2.63. The van der Waals surface area contributed by atoms with E-state index in [0.29, 0.717) is 0 Å². The highest BCUT2D eigenvalue weighted by Crippen LogP contribution is 2.08. The molecule has 0 aliphatic carbocycles. The Balaban J connectivity index is 0.000000140. The van der Waals surface area contributed by atoms with Crippen LogP contribution in [0.5, 0.6) is 0 Å². The molecule has 0 saturated carbocycles. The van der Waals surface area contributed by atoms with Crippen LogP contribution in [0.3, 0.4) is 0 Å². The number of hydrogen-bond acceptors (Lipinski definition) is 2. The number of aliphatic imine (C=N–C) groups is 1. The van der Waals surface area contributed by atoms with Crippen molar-refractivity contribution in [2.45, 2.75) is 34.1 Å². The largest absolute Gasteiger partial charge is 0.283 e. The van der Waals surface area contributed by atoms with E-state index in [-0.39, 0.29) is 0 Å². The fourth-order valence-electron chi connectivity index (χ4n) is 1.27. The fraction of sp³-hybridized carbons (Fsp3) is 0.455. The van der Waals surface area contributed by atoms with E-state index in [1.165, 1.54) is 11.3 Å². The summed E-state index contributed by atoms with van der Waals surface area (Å²) in [7, 11) is 0. The lowest BCUT2D eigenvalue weighted by molar-refractivity contribution is 1.02. The summed E-state index contributed by atoms with van der Waals surface area (Å²) < 4.78 is 0. The normalized spacial score (nSPS) is 14.3. The molecular weight excluding hydrogens is 174 g/mol. The van der Waals surface area contributed by atoms with Crippen molar-refractivity contribution >= 4 is 5.71 Å². The number of rotatable bonds is 0. The van der Waals surface area contributed by atoms with Crippen LogP contribution in [0.1, 0.15) is 31.7 Å². The van der Waals surface area contributed by atoms with E-state index in [0.717, 1.165) is 17.8 Å². The Labute approximate surface area is 85.0 Å². The SMILES string of the molecule is CC1=CN=C(C)C1.Cc1cc(C)[nH]n1. The van der Waals surface area contributed by atoms with Gasteiger partial charge in [0.1, 0.15) is 0 Å². The van der Waals surface area contributed by atoms with Gasteiger partial charge in [-0.05, 0) is 39.3 Å². The average molecular weight is 191 g/mol. The van der Waals surface area contributed by atoms with Crippen LogP contribution in [0.15, 0.2) is 22.8 Å². The highest BCUT2D eigenvalue weighted by atomic mass is 15.1. The molecule has 3 heteroatoms. The summed E-state index contributed by atoms with van der Waals surface area (Å²) in [6.45, 7) is 8.09. The highest BCUT2D eigenvalue weighted by molar-refractivity contribution is 5.86. The molecule has 2 heterocycles. The van der Waals surface area contributed by atoms with Crippen molar-refractivity contribution in [3.05, 3.63) is 29.2 Å². The van der Waals surface area contributed by atoms with Crippen LogP contribution in [-0.4, -0.2) is 15.9 Å². The quantitative estimate of drug-likeness (QED) is 0.673. The first-order valence-corrected chi connectivity index (χ1v) is 4.75. The van der Waals surface area contributed by atoms with Gasteiger partial charge < -0.3 is 0 Å². The maximum atomic E-state index is 4.07. The van der Waals surface area contributed by atoms with Gasteiger partial charge in [0.15, 0.2) is 0 Å². The van der Waals surface area contributed by atoms with E-state index < -0.39 is 0 Å². The summed E-state index contributed by atoms with van der Waals surface area (Å²) in [5.74, 6) is 0. The van der Waals surface area contributed by atoms with Gasteiger partial charge in [0.2, 0.25) is 0 Å². The van der Waals surface area contributed by atoms with Gasteiger partial charge in [-0.15, -0.1) is 0 Å². The lowest BCUT2D eigenvalue weighted by Crippen LogP contribution is -1.82. The topological polar surface area (TPSA) is 41.0 Å². The molecule has 0 aromatic carbocycles. The predicted octanol–water partition coefficient (Wildman–Crippen LogP) is 2.78. The number of H-pyrrole nitrogens is 1. The summed E-state index contributed by atoms with van der Waals surface area (Å²) in [6.07, 6.45) is 3.01. The van der Waals surface area contributed by atoms with Crippen LogP contribution in [0, 0.1) is 13.8 Å². The number of aromatic amines is 1. The van der Waals surface area contributed by atoms with Crippen molar-refractivity contribution in [2.75, 3.05) is 0 Å². The lowest BCUT2D eigenvalue weighted by atomic mass is 10.2. The van der Waals surface area contributed by atoms with Crippen molar-refractivity contribution < 1.29 is 0 Å². The van der Waals surface area contributed by atoms with Gasteiger partial charge in [-0.1, -0.05) is 0 Å². The van der Waals surface area contributed by atoms with Crippen molar-refractivity contribution in [3.63, 3.8) is 0 Å². The van der Waals surface area contributed by atoms with Crippen molar-refractivity contribution in [3.8, 4) is 0 Å². The van der Waals surface area contributed by atoms with Gasteiger partial charge in [0, 0.05) is 24.0 Å². The van der Waals surface area contributed by atoms with E-state index >= 15 is 0 Å². The summed E-state index contributed by atoms with van der Waals surface area (Å²) in [5, 5.41) is 6.71. The summed E-state index contributed by atoms with van der Waals surface area (Å²) in [6, 6.07) is 2.00. The molecule has 0 fully saturated rings. The predicted molar refractivity (Wildman–Crippen MR) is 59.5 cm³/mol. The third-order valence-electron chi connectivity index (χ3n) is 1.87. The monoisotopic (exact) mass is 191 g/mol. The number of aryl methyl sites for hydroxylation is 2. The van der Waals surface area contributed by atoms with Crippen LogP contribution in [0.4, 0.5) is 0 Å². The van der Waals surface area contributed by atoms with Crippen LogP contribution in [0.25, 0.3) is 0 Å². The molecule has 1 aromatic rings. The molecule has 1 N–H and O–H groups in total. The lowest BCUT2D eigenvalue weighted by Gasteiger charge is -1.84. The smallest absolute Gasteiger partial charge is 0.0593 e. The maximum absolute atomic E-state index is 4.07. The van der Waals surface area contributed by atoms with Gasteiger partial charge in [-0.25, -0.2) is 0 Å². The molecule has 0 radical (unpaired) electrons. The molecule has 0 bridgehead atoms. The van der Waals surface area contributed by atoms with Gasteiger partial charge in [-0.2, -0.15) is 5.10 Å². The van der Waals surface area contributed by atoms with E-state index in [2.05, 4.69) is 22.1 Å². The molecule has 1 aliphatic heterocycles. The number of aromatic nitrogens is 2. The Morgan fingerprint density at radius 1 is 1.21 bits per heavy atom. The third-order valence-corrected chi connectivity index (χ3v) is 1.87. The standard InChI is InChI=1S/C6H9N.C5H8N2/c1-5-3-6(2)7-4-5;1-4-3-5(2)7-6-4/h4H,3H2,1-2H3;3H,1-2H3,(H,6,7). The summed E-state index contributed by atoms with van der Waals surface area (Å²) in [4.78, 5) is 4.07. The van der Waals surface area contributed by atoms with Gasteiger partial charge in [0.25, 0.3) is 0 Å². The first-order chi connectivity index (χ1) is 6.58. The van der Waals surface area contributed by atoms with Gasteiger partial charge >= 0.3 is 0 Å². The molecule has 3 nitrogen and oxygen atoms in total. The minimum Gasteiger partial charge on any atom is -0.283 e. The second-order valence-electron chi connectivity index (χ2n) is 3.71. The number of nitrogens with one attached hydrogen (secondary N) is 1. The Bertz CT molecular complexity index is 326. The molecule has 1 aromatic heterocycles. The summed E-state index contributed by atoms with van der Waals surface area (Å²) in [5.41, 5.74) is 4.78. The minimum absolute atomic E-state index is 1.05. The van der Waals surface area contributed by atoms with Gasteiger partial charge in [-0.3, -0.25) is 10.1 Å². The Hall–Kier alpha value is -1.38. The van der Waals surface area contributed by atoms with Crippen LogP contribution in [0.2, 0.25) is 0 Å². The molecule has 14 heavy (non-hydrogen) atoms. The van der Waals surface area contributed by atoms with Crippen molar-refractivity contribution in [1.82, 2.24) is 10.2 Å². The van der Waals surface area contributed by atoms with Crippen LogP contribution >= 0.6 is 0 Å². The molecule has 0 unspecified atom stereocenters. The fourth-order valence-corrected chi connectivity index (χ4v) is 1.27. The molecule has 1 aliphatic rings. The third kappa shape index (κ3) is 3.56. The number of nitrogens with zero attached hydrogens (tertiary/aromatic N) is 2. The molecule has 76 valence electrons. The van der Waals surface area contributed by atoms with E-state index in [1.807, 2.05) is 33.0 Å². The van der Waals surface area contributed by atoms with E-state index in [1.54, 1.807) is 0 Å². The molecular formula is C11H17N3. The first-order valence-electron chi connectivity index (χ1n) is 4.75. The maximum Gasteiger partial charge on any atom is 0.0593 e. The van der Waals surface area contributed by atoms with Crippen LogP contribution in [-0.2, 0) is 0 Å². The Morgan fingerprint density at radius 2 is 1.93 bits per heavy atom. The van der Waals surface area contributed by atoms with Crippen molar-refractivity contribution in [1.29, 1.82) is 0 Å². The first kappa shape index (κ1) is 10.7. The minimum atomic E-state index is 1.05. The number of hydrogen-bond donors (Lipinski definition) is 1. The highest BCUT2D eigenvalue weighted by Gasteiger charge is 1.97. The zero-order valence-electron chi connectivity index (χ0n) is 9.26. The second kappa shape index (κ2) is 4.74. The number of allylic oxidation sites excluding steroid dienone is 1. The second-order valence-corrected chi connectivity index (χ2v) is 3.71. The molecule has 0 amide bonds. The van der Waals surface area contributed by atoms with E-state index in [9.17, 15) is 0 Å². The van der Waals surface area contributed by atoms with E-state index in [4.69, 9.17) is 0 Å². The Morgan fingerprint density at radius 3 is 2.07 bits per heavy atom. The molecule has 0 spiro atoms. The molecule has 0 atom stereocenters. The molecule has 2 rings (SSSR count).